The summed E-state index contributed by atoms with van der Waals surface area (Å²) in [5.74, 6) is -1.13. The number of carboxylic acid groups (broad SMARTS) is 1. The highest BCUT2D eigenvalue weighted by Gasteiger charge is 2.15. The van der Waals surface area contributed by atoms with Crippen molar-refractivity contribution in [3.63, 3.8) is 0 Å². The third-order valence-corrected chi connectivity index (χ3v) is 2.60. The summed E-state index contributed by atoms with van der Waals surface area (Å²) >= 11 is 1.59. The Labute approximate surface area is 69.5 Å². The molecule has 0 aliphatic carbocycles. The van der Waals surface area contributed by atoms with Crippen molar-refractivity contribution in [2.24, 2.45) is 0 Å². The van der Waals surface area contributed by atoms with Gasteiger partial charge in [-0.3, -0.25) is 4.79 Å². The summed E-state index contributed by atoms with van der Waals surface area (Å²) in [4.78, 5) is 11.7. The van der Waals surface area contributed by atoms with Crippen molar-refractivity contribution in [1.82, 2.24) is 0 Å². The Morgan fingerprint density at radius 1 is 1.73 bits per heavy atom. The van der Waals surface area contributed by atoms with Crippen LogP contribution in [0.1, 0.15) is 23.3 Å². The number of hydrogen-bond donors (Lipinski definition) is 1. The zero-order chi connectivity index (χ0) is 8.43. The Balaban J connectivity index is 2.92. The summed E-state index contributed by atoms with van der Waals surface area (Å²) in [6.07, 6.45) is 0. The molecule has 0 fully saturated rings. The molecule has 1 N–H and O–H groups in total. The van der Waals surface area contributed by atoms with Crippen LogP contribution in [0.15, 0.2) is 11.4 Å². The molecule has 0 bridgehead atoms. The molecule has 11 heavy (non-hydrogen) atoms. The average molecular weight is 170 g/mol. The van der Waals surface area contributed by atoms with Gasteiger partial charge in [0.15, 0.2) is 0 Å². The average Bonchev–Trinajstić information content (AvgIpc) is 2.33. The molecule has 0 aromatic carbocycles. The summed E-state index contributed by atoms with van der Waals surface area (Å²) in [7, 11) is 0. The number of carbonyl (C=O) groups is 1. The minimum absolute atomic E-state index is 0.374. The van der Waals surface area contributed by atoms with E-state index in [-0.39, 0.29) is 5.92 Å². The van der Waals surface area contributed by atoms with Gasteiger partial charge in [-0.25, -0.2) is 0 Å². The Morgan fingerprint density at radius 2 is 2.36 bits per heavy atom. The molecule has 0 saturated carbocycles. The van der Waals surface area contributed by atoms with E-state index in [4.69, 9.17) is 5.11 Å². The largest absolute Gasteiger partial charge is 0.481 e. The van der Waals surface area contributed by atoms with Gasteiger partial charge in [0.05, 0.1) is 5.92 Å². The molecule has 0 aliphatic heterocycles. The number of hydrogen-bond acceptors (Lipinski definition) is 2. The molecule has 0 saturated heterocycles. The van der Waals surface area contributed by atoms with Crippen LogP contribution >= 0.6 is 11.3 Å². The van der Waals surface area contributed by atoms with Gasteiger partial charge in [0.2, 0.25) is 0 Å². The Morgan fingerprint density at radius 3 is 2.73 bits per heavy atom. The van der Waals surface area contributed by atoms with E-state index in [1.54, 1.807) is 18.3 Å². The van der Waals surface area contributed by atoms with E-state index < -0.39 is 5.97 Å². The van der Waals surface area contributed by atoms with Crippen molar-refractivity contribution in [3.8, 4) is 0 Å². The highest BCUT2D eigenvalue weighted by Crippen LogP contribution is 2.23. The lowest BCUT2D eigenvalue weighted by Gasteiger charge is -2.03. The fraction of sp³-hybridized carbons (Fsp3) is 0.375. The maximum absolute atomic E-state index is 10.6. The zero-order valence-electron chi connectivity index (χ0n) is 6.50. The lowest BCUT2D eigenvalue weighted by atomic mass is 10.0. The van der Waals surface area contributed by atoms with E-state index in [9.17, 15) is 4.79 Å². The summed E-state index contributed by atoms with van der Waals surface area (Å²) in [5, 5.41) is 10.6. The number of aryl methyl sites for hydroxylation is 1. The third-order valence-electron chi connectivity index (χ3n) is 1.74. The van der Waals surface area contributed by atoms with Crippen molar-refractivity contribution < 1.29 is 9.90 Å². The monoisotopic (exact) mass is 170 g/mol. The molecule has 0 aliphatic rings. The van der Waals surface area contributed by atoms with Gasteiger partial charge in [-0.2, -0.15) is 0 Å². The molecule has 3 heteroatoms. The quantitative estimate of drug-likeness (QED) is 0.739. The van der Waals surface area contributed by atoms with E-state index in [1.807, 2.05) is 18.4 Å². The normalized spacial score (nSPS) is 12.9. The van der Waals surface area contributed by atoms with E-state index in [2.05, 4.69) is 0 Å². The van der Waals surface area contributed by atoms with E-state index in [0.717, 1.165) is 10.4 Å². The number of aliphatic carboxylic acids is 1. The molecule has 1 atom stereocenters. The van der Waals surface area contributed by atoms with Crippen molar-refractivity contribution in [2.45, 2.75) is 19.8 Å². The summed E-state index contributed by atoms with van der Waals surface area (Å²) in [6.45, 7) is 3.65. The molecule has 1 heterocycles. The van der Waals surface area contributed by atoms with Crippen molar-refractivity contribution in [3.05, 3.63) is 21.9 Å². The number of thiophene rings is 1. The van der Waals surface area contributed by atoms with Crippen LogP contribution in [0.4, 0.5) is 0 Å². The summed E-state index contributed by atoms with van der Waals surface area (Å²) in [5.41, 5.74) is 0.933. The molecule has 1 aromatic heterocycles. The predicted molar refractivity (Wildman–Crippen MR) is 45.1 cm³/mol. The van der Waals surface area contributed by atoms with Crippen molar-refractivity contribution in [2.75, 3.05) is 0 Å². The SMILES string of the molecule is Cc1sccc1C(C)C(=O)O. The van der Waals surface area contributed by atoms with Gasteiger partial charge in [-0.15, -0.1) is 11.3 Å². The van der Waals surface area contributed by atoms with Gasteiger partial charge < -0.3 is 5.11 Å². The first-order chi connectivity index (χ1) is 5.13. The third kappa shape index (κ3) is 1.60. The van der Waals surface area contributed by atoms with Gasteiger partial charge in [-0.05, 0) is 30.9 Å². The molecular weight excluding hydrogens is 160 g/mol. The topological polar surface area (TPSA) is 37.3 Å². The van der Waals surface area contributed by atoms with Crippen LogP contribution in [-0.4, -0.2) is 11.1 Å². The van der Waals surface area contributed by atoms with Crippen LogP contribution in [0.3, 0.4) is 0 Å². The maximum Gasteiger partial charge on any atom is 0.310 e. The van der Waals surface area contributed by atoms with Crippen LogP contribution in [0, 0.1) is 6.92 Å². The lowest BCUT2D eigenvalue weighted by molar-refractivity contribution is -0.138. The minimum Gasteiger partial charge on any atom is -0.481 e. The number of rotatable bonds is 2. The van der Waals surface area contributed by atoms with Gasteiger partial charge >= 0.3 is 5.97 Å². The molecule has 1 aromatic rings. The molecule has 0 amide bonds. The fourth-order valence-electron chi connectivity index (χ4n) is 0.977. The second kappa shape index (κ2) is 3.05. The number of carboxylic acids is 1. The van der Waals surface area contributed by atoms with E-state index in [0.29, 0.717) is 0 Å². The lowest BCUT2D eigenvalue weighted by Crippen LogP contribution is -2.06. The van der Waals surface area contributed by atoms with E-state index >= 15 is 0 Å². The maximum atomic E-state index is 10.6. The molecule has 60 valence electrons. The van der Waals surface area contributed by atoms with Gasteiger partial charge in [0.1, 0.15) is 0 Å². The van der Waals surface area contributed by atoms with Gasteiger partial charge in [0.25, 0.3) is 0 Å². The van der Waals surface area contributed by atoms with Crippen molar-refractivity contribution in [1.29, 1.82) is 0 Å². The van der Waals surface area contributed by atoms with Crippen LogP contribution in [-0.2, 0) is 4.79 Å². The summed E-state index contributed by atoms with van der Waals surface area (Å²) in [6, 6.07) is 1.87. The molecule has 0 radical (unpaired) electrons. The Kier molecular flexibility index (Phi) is 2.29. The smallest absolute Gasteiger partial charge is 0.310 e. The van der Waals surface area contributed by atoms with E-state index in [1.165, 1.54) is 0 Å². The van der Waals surface area contributed by atoms with Crippen LogP contribution in [0.25, 0.3) is 0 Å². The fourth-order valence-corrected chi connectivity index (χ4v) is 1.78. The highest BCUT2D eigenvalue weighted by molar-refractivity contribution is 7.10. The summed E-state index contributed by atoms with van der Waals surface area (Å²) < 4.78 is 0. The molecule has 2 nitrogen and oxygen atoms in total. The Hall–Kier alpha value is -0.830. The molecule has 1 rings (SSSR count). The van der Waals surface area contributed by atoms with Crippen LogP contribution < -0.4 is 0 Å². The first-order valence-corrected chi connectivity index (χ1v) is 4.27. The Bertz CT molecular complexity index is 265. The minimum atomic E-state index is -0.758. The van der Waals surface area contributed by atoms with Gasteiger partial charge in [0, 0.05) is 4.88 Å². The second-order valence-electron chi connectivity index (χ2n) is 2.49. The molecular formula is C8H10O2S. The van der Waals surface area contributed by atoms with Gasteiger partial charge in [-0.1, -0.05) is 0 Å². The first-order valence-electron chi connectivity index (χ1n) is 3.39. The zero-order valence-corrected chi connectivity index (χ0v) is 7.31. The first kappa shape index (κ1) is 8.27. The molecule has 0 spiro atoms. The predicted octanol–water partition coefficient (Wildman–Crippen LogP) is 2.24. The second-order valence-corrected chi connectivity index (χ2v) is 3.61. The molecule has 1 unspecified atom stereocenters. The highest BCUT2D eigenvalue weighted by atomic mass is 32.1. The van der Waals surface area contributed by atoms with Crippen molar-refractivity contribution >= 4 is 17.3 Å². The standard InChI is InChI=1S/C8H10O2S/c1-5(8(9)10)7-3-4-11-6(7)2/h3-5H,1-2H3,(H,9,10). The van der Waals surface area contributed by atoms with Crippen LogP contribution in [0.2, 0.25) is 0 Å². The van der Waals surface area contributed by atoms with Crippen LogP contribution in [0.5, 0.6) is 0 Å².